The molecule has 0 atom stereocenters. The molecule has 1 saturated heterocycles. The lowest BCUT2D eigenvalue weighted by Crippen LogP contribution is -2.36. The van der Waals surface area contributed by atoms with Crippen LogP contribution in [0.25, 0.3) is 11.0 Å². The molecule has 0 unspecified atom stereocenters. The molecule has 6 nitrogen and oxygen atoms in total. The van der Waals surface area contributed by atoms with E-state index >= 15 is 0 Å². The maximum Gasteiger partial charge on any atom is 0.163 e. The number of likely N-dealkylation sites (tertiary alicyclic amines) is 1. The van der Waals surface area contributed by atoms with Crippen molar-refractivity contribution in [2.45, 2.75) is 19.3 Å². The van der Waals surface area contributed by atoms with Crippen LogP contribution in [0.1, 0.15) is 19.3 Å². The maximum absolute atomic E-state index is 4.43. The number of piperidine rings is 1. The number of aryl methyl sites for hydroxylation is 1. The first-order valence-electron chi connectivity index (χ1n) is 7.32. The number of fused-ring (bicyclic) bond motifs is 1. The van der Waals surface area contributed by atoms with Gasteiger partial charge in [0, 0.05) is 27.2 Å². The number of hydrogen-bond donors (Lipinski definition) is 0. The van der Waals surface area contributed by atoms with E-state index in [9.17, 15) is 0 Å². The van der Waals surface area contributed by atoms with Crippen molar-refractivity contribution in [1.29, 1.82) is 0 Å². The Hall–Kier alpha value is -1.69. The number of aromatic nitrogens is 4. The summed E-state index contributed by atoms with van der Waals surface area (Å²) in [5, 5.41) is 5.29. The Morgan fingerprint density at radius 2 is 2.00 bits per heavy atom. The van der Waals surface area contributed by atoms with Crippen LogP contribution in [0, 0.1) is 0 Å². The summed E-state index contributed by atoms with van der Waals surface area (Å²) in [6, 6.07) is 0. The largest absolute Gasteiger partial charge is 0.358 e. The fourth-order valence-electron chi connectivity index (χ4n) is 2.83. The minimum absolute atomic E-state index is 0.889. The van der Waals surface area contributed by atoms with E-state index in [1.54, 1.807) is 11.0 Å². The molecule has 2 aromatic heterocycles. The predicted octanol–water partition coefficient (Wildman–Crippen LogP) is 1.29. The fraction of sp³-hybridized carbons (Fsp3) is 0.643. The van der Waals surface area contributed by atoms with Gasteiger partial charge < -0.3 is 9.80 Å². The highest BCUT2D eigenvalue weighted by molar-refractivity contribution is 5.86. The molecule has 0 N–H and O–H groups in total. The molecule has 2 aromatic rings. The quantitative estimate of drug-likeness (QED) is 0.841. The van der Waals surface area contributed by atoms with Crippen molar-refractivity contribution in [3.05, 3.63) is 12.5 Å². The lowest BCUT2D eigenvalue weighted by atomic mass is 10.1. The van der Waals surface area contributed by atoms with Gasteiger partial charge in [0.25, 0.3) is 0 Å². The Morgan fingerprint density at radius 1 is 1.20 bits per heavy atom. The zero-order valence-corrected chi connectivity index (χ0v) is 12.3. The number of nitrogens with zero attached hydrogens (tertiary/aromatic N) is 6. The van der Waals surface area contributed by atoms with Crippen molar-refractivity contribution >= 4 is 16.9 Å². The van der Waals surface area contributed by atoms with Crippen LogP contribution in [0.4, 0.5) is 5.82 Å². The standard InChI is InChI=1S/C14H22N6/c1-18(8-9-20-6-4-3-5-7-20)13-12-10-17-19(2)14(12)16-11-15-13/h10-11H,3-9H2,1-2H3. The van der Waals surface area contributed by atoms with Crippen LogP contribution in [0.15, 0.2) is 12.5 Å². The van der Waals surface area contributed by atoms with Gasteiger partial charge in [-0.15, -0.1) is 0 Å². The predicted molar refractivity (Wildman–Crippen MR) is 79.9 cm³/mol. The summed E-state index contributed by atoms with van der Waals surface area (Å²) in [5.74, 6) is 0.972. The third kappa shape index (κ3) is 2.60. The van der Waals surface area contributed by atoms with Crippen LogP contribution in [-0.4, -0.2) is 57.9 Å². The van der Waals surface area contributed by atoms with E-state index in [4.69, 9.17) is 0 Å². The Labute approximate surface area is 119 Å². The summed E-state index contributed by atoms with van der Waals surface area (Å²) in [6.45, 7) is 4.56. The summed E-state index contributed by atoms with van der Waals surface area (Å²) >= 11 is 0. The van der Waals surface area contributed by atoms with Gasteiger partial charge >= 0.3 is 0 Å². The van der Waals surface area contributed by atoms with Crippen molar-refractivity contribution in [3.8, 4) is 0 Å². The van der Waals surface area contributed by atoms with Crippen LogP contribution in [0.2, 0.25) is 0 Å². The first-order valence-corrected chi connectivity index (χ1v) is 7.32. The highest BCUT2D eigenvalue weighted by atomic mass is 15.3. The zero-order chi connectivity index (χ0) is 13.9. The molecule has 3 rings (SSSR count). The van der Waals surface area contributed by atoms with Crippen molar-refractivity contribution in [1.82, 2.24) is 24.6 Å². The van der Waals surface area contributed by atoms with Gasteiger partial charge in [0.1, 0.15) is 12.1 Å². The van der Waals surface area contributed by atoms with E-state index in [1.807, 2.05) is 13.2 Å². The monoisotopic (exact) mass is 274 g/mol. The highest BCUT2D eigenvalue weighted by Crippen LogP contribution is 2.20. The van der Waals surface area contributed by atoms with Gasteiger partial charge in [-0.25, -0.2) is 9.97 Å². The van der Waals surface area contributed by atoms with Crippen LogP contribution in [0.5, 0.6) is 0 Å². The number of hydrogen-bond acceptors (Lipinski definition) is 5. The first-order chi connectivity index (χ1) is 9.75. The van der Waals surface area contributed by atoms with Gasteiger partial charge in [0.05, 0.1) is 11.6 Å². The second kappa shape index (κ2) is 5.75. The molecule has 0 aromatic carbocycles. The molecule has 3 heterocycles. The van der Waals surface area contributed by atoms with E-state index < -0.39 is 0 Å². The van der Waals surface area contributed by atoms with E-state index in [1.165, 1.54) is 32.4 Å². The third-order valence-electron chi connectivity index (χ3n) is 4.07. The molecule has 6 heteroatoms. The lowest BCUT2D eigenvalue weighted by Gasteiger charge is -2.28. The number of likely N-dealkylation sites (N-methyl/N-ethyl adjacent to an activating group) is 1. The second-order valence-corrected chi connectivity index (χ2v) is 5.53. The van der Waals surface area contributed by atoms with Gasteiger partial charge in [-0.2, -0.15) is 5.10 Å². The lowest BCUT2D eigenvalue weighted by molar-refractivity contribution is 0.234. The van der Waals surface area contributed by atoms with Crippen molar-refractivity contribution in [2.75, 3.05) is 38.1 Å². The van der Waals surface area contributed by atoms with Crippen molar-refractivity contribution in [2.24, 2.45) is 7.05 Å². The molecule has 108 valence electrons. The van der Waals surface area contributed by atoms with Gasteiger partial charge in [0.15, 0.2) is 5.65 Å². The average molecular weight is 274 g/mol. The topological polar surface area (TPSA) is 50.1 Å². The molecule has 0 saturated carbocycles. The molecule has 0 bridgehead atoms. The van der Waals surface area contributed by atoms with Gasteiger partial charge in [-0.05, 0) is 25.9 Å². The molecule has 0 spiro atoms. The molecular formula is C14H22N6. The minimum Gasteiger partial charge on any atom is -0.358 e. The zero-order valence-electron chi connectivity index (χ0n) is 12.3. The highest BCUT2D eigenvalue weighted by Gasteiger charge is 2.14. The third-order valence-corrected chi connectivity index (χ3v) is 4.07. The fourth-order valence-corrected chi connectivity index (χ4v) is 2.83. The Morgan fingerprint density at radius 3 is 2.80 bits per heavy atom. The summed E-state index contributed by atoms with van der Waals surface area (Å²) in [5.41, 5.74) is 0.889. The molecule has 1 aliphatic heterocycles. The van der Waals surface area contributed by atoms with Gasteiger partial charge in [-0.3, -0.25) is 4.68 Å². The summed E-state index contributed by atoms with van der Waals surface area (Å²) < 4.78 is 1.79. The number of rotatable bonds is 4. The Balaban J connectivity index is 1.70. The molecular weight excluding hydrogens is 252 g/mol. The second-order valence-electron chi connectivity index (χ2n) is 5.53. The van der Waals surface area contributed by atoms with E-state index in [-0.39, 0.29) is 0 Å². The van der Waals surface area contributed by atoms with Crippen LogP contribution in [-0.2, 0) is 7.05 Å². The van der Waals surface area contributed by atoms with Crippen molar-refractivity contribution in [3.63, 3.8) is 0 Å². The molecule has 1 aliphatic rings. The van der Waals surface area contributed by atoms with E-state index in [0.717, 1.165) is 29.9 Å². The maximum atomic E-state index is 4.43. The smallest absolute Gasteiger partial charge is 0.163 e. The normalized spacial score (nSPS) is 16.7. The van der Waals surface area contributed by atoms with E-state index in [2.05, 4.69) is 31.9 Å². The Kier molecular flexibility index (Phi) is 3.82. The summed E-state index contributed by atoms with van der Waals surface area (Å²) in [7, 11) is 4.01. The Bertz CT molecular complexity index is 572. The summed E-state index contributed by atoms with van der Waals surface area (Å²) in [4.78, 5) is 13.5. The molecule has 0 amide bonds. The molecule has 0 aliphatic carbocycles. The van der Waals surface area contributed by atoms with Crippen LogP contribution < -0.4 is 4.90 Å². The first kappa shape index (κ1) is 13.3. The molecule has 1 fully saturated rings. The van der Waals surface area contributed by atoms with Gasteiger partial charge in [-0.1, -0.05) is 6.42 Å². The minimum atomic E-state index is 0.889. The summed E-state index contributed by atoms with van der Waals surface area (Å²) in [6.07, 6.45) is 7.53. The number of anilines is 1. The van der Waals surface area contributed by atoms with E-state index in [0.29, 0.717) is 0 Å². The van der Waals surface area contributed by atoms with Crippen LogP contribution in [0.3, 0.4) is 0 Å². The molecule has 0 radical (unpaired) electrons. The van der Waals surface area contributed by atoms with Crippen molar-refractivity contribution < 1.29 is 0 Å². The average Bonchev–Trinajstić information content (AvgIpc) is 2.87. The van der Waals surface area contributed by atoms with Crippen LogP contribution >= 0.6 is 0 Å². The molecule has 20 heavy (non-hydrogen) atoms. The SMILES string of the molecule is CN(CCN1CCCCC1)c1ncnc2c1cnn2C. The van der Waals surface area contributed by atoms with Gasteiger partial charge in [0.2, 0.25) is 0 Å².